The number of imide groups is 1. The minimum absolute atomic E-state index is 0.0177. The number of hydrogen-bond donors (Lipinski definition) is 4. The third-order valence-electron chi connectivity index (χ3n) is 6.94. The molecule has 0 aliphatic carbocycles. The van der Waals surface area contributed by atoms with Gasteiger partial charge < -0.3 is 16.2 Å². The van der Waals surface area contributed by atoms with Crippen molar-refractivity contribution >= 4 is 34.5 Å². The lowest BCUT2D eigenvalue weighted by Crippen LogP contribution is -2.44. The van der Waals surface area contributed by atoms with Gasteiger partial charge in [-0.05, 0) is 46.9 Å². The van der Waals surface area contributed by atoms with Gasteiger partial charge in [0.05, 0.1) is 6.54 Å². The molecule has 1 saturated heterocycles. The number of unbranched alkanes of at least 4 members (excludes halogenated alkanes) is 4. The summed E-state index contributed by atoms with van der Waals surface area (Å²) in [6.45, 7) is 0.134. The number of fused-ring (bicyclic) bond motifs is 1. The molecule has 0 aromatic heterocycles. The monoisotopic (exact) mass is 500 g/mol. The number of carboxylic acid groups (broad SMARTS) is 1. The Bertz CT molecular complexity index is 1320. The zero-order chi connectivity index (χ0) is 26.4. The van der Waals surface area contributed by atoms with Gasteiger partial charge in [0.1, 0.15) is 11.4 Å². The van der Waals surface area contributed by atoms with Crippen LogP contribution < -0.4 is 11.1 Å². The third kappa shape index (κ3) is 5.80. The average molecular weight is 501 g/mol. The van der Waals surface area contributed by atoms with E-state index in [1.54, 1.807) is 6.07 Å². The molecule has 0 bridgehead atoms. The van der Waals surface area contributed by atoms with E-state index < -0.39 is 17.5 Å². The first-order valence-corrected chi connectivity index (χ1v) is 12.6. The lowest BCUT2D eigenvalue weighted by Gasteiger charge is -2.27. The molecule has 8 heteroatoms. The van der Waals surface area contributed by atoms with E-state index in [0.29, 0.717) is 18.4 Å². The molecule has 0 radical (unpaired) electrons. The second-order valence-corrected chi connectivity index (χ2v) is 9.56. The normalized spacial score (nSPS) is 17.2. The molecule has 4 rings (SSSR count). The molecular weight excluding hydrogens is 468 g/mol. The van der Waals surface area contributed by atoms with Crippen LogP contribution in [0, 0.1) is 5.41 Å². The predicted octanol–water partition coefficient (Wildman–Crippen LogP) is 4.89. The van der Waals surface area contributed by atoms with Crippen molar-refractivity contribution < 1.29 is 19.5 Å². The maximum atomic E-state index is 13.8. The van der Waals surface area contributed by atoms with Crippen LogP contribution in [-0.4, -0.2) is 33.7 Å². The SMILES string of the molecule is N=C(N)c1ccc2ccc(CN3C(=O)NC(CCCCCCCC(=O)O)(c4ccccc4)C3=O)cc2c1. The standard InChI is InChI=1S/C29H32N4O4/c30-26(31)22-15-14-21-13-12-20(17-23(21)18-22)19-33-27(36)29(32-28(33)37,24-9-5-4-6-10-24)16-8-3-1-2-7-11-25(34)35/h4-6,9-10,12-15,17-18H,1-3,7-8,11,16,19H2,(H3,30,31)(H,32,37)(H,34,35). The van der Waals surface area contributed by atoms with Gasteiger partial charge >= 0.3 is 12.0 Å². The zero-order valence-corrected chi connectivity index (χ0v) is 20.7. The lowest BCUT2D eigenvalue weighted by molar-refractivity contribution is -0.137. The second kappa shape index (κ2) is 11.2. The molecule has 5 N–H and O–H groups in total. The predicted molar refractivity (Wildman–Crippen MR) is 142 cm³/mol. The molecule has 0 spiro atoms. The van der Waals surface area contributed by atoms with E-state index in [9.17, 15) is 14.4 Å². The third-order valence-corrected chi connectivity index (χ3v) is 6.94. The van der Waals surface area contributed by atoms with Gasteiger partial charge in [0.2, 0.25) is 0 Å². The Labute approximate surface area is 216 Å². The molecule has 1 fully saturated rings. The summed E-state index contributed by atoms with van der Waals surface area (Å²) in [6.07, 6.45) is 4.56. The number of amidine groups is 1. The summed E-state index contributed by atoms with van der Waals surface area (Å²) < 4.78 is 0. The van der Waals surface area contributed by atoms with Crippen molar-refractivity contribution in [1.29, 1.82) is 5.41 Å². The minimum atomic E-state index is -1.13. The van der Waals surface area contributed by atoms with E-state index in [0.717, 1.165) is 47.6 Å². The smallest absolute Gasteiger partial charge is 0.325 e. The summed E-state index contributed by atoms with van der Waals surface area (Å²) in [4.78, 5) is 38.9. The number of carbonyl (C=O) groups excluding carboxylic acids is 2. The number of carbonyl (C=O) groups is 3. The summed E-state index contributed by atoms with van der Waals surface area (Å²) in [6, 6.07) is 20.2. The highest BCUT2D eigenvalue weighted by atomic mass is 16.4. The van der Waals surface area contributed by atoms with Crippen molar-refractivity contribution in [3.05, 3.63) is 83.4 Å². The van der Waals surface area contributed by atoms with Crippen LogP contribution in [0.1, 0.15) is 61.6 Å². The van der Waals surface area contributed by atoms with E-state index in [1.807, 2.05) is 60.7 Å². The Morgan fingerprint density at radius 3 is 2.35 bits per heavy atom. The summed E-state index contributed by atoms with van der Waals surface area (Å²) in [5, 5.41) is 21.3. The van der Waals surface area contributed by atoms with Crippen LogP contribution in [0.2, 0.25) is 0 Å². The maximum absolute atomic E-state index is 13.8. The summed E-state index contributed by atoms with van der Waals surface area (Å²) in [7, 11) is 0. The van der Waals surface area contributed by atoms with E-state index in [2.05, 4.69) is 5.32 Å². The molecule has 1 aliphatic rings. The summed E-state index contributed by atoms with van der Waals surface area (Å²) in [5.74, 6) is -1.07. The molecule has 1 atom stereocenters. The Kier molecular flexibility index (Phi) is 7.86. The average Bonchev–Trinajstić information content (AvgIpc) is 3.13. The molecular formula is C29H32N4O4. The van der Waals surface area contributed by atoms with Gasteiger partial charge in [0.25, 0.3) is 5.91 Å². The number of benzene rings is 3. The number of nitrogens with zero attached hydrogens (tertiary/aromatic N) is 1. The molecule has 1 unspecified atom stereocenters. The van der Waals surface area contributed by atoms with Crippen LogP contribution in [0.5, 0.6) is 0 Å². The molecule has 3 aromatic rings. The Balaban J connectivity index is 1.51. The quantitative estimate of drug-likeness (QED) is 0.121. The van der Waals surface area contributed by atoms with Gasteiger partial charge in [-0.2, -0.15) is 0 Å². The van der Waals surface area contributed by atoms with Crippen LogP contribution in [0.15, 0.2) is 66.7 Å². The number of aliphatic carboxylic acids is 1. The van der Waals surface area contributed by atoms with Crippen molar-refractivity contribution in [3.63, 3.8) is 0 Å². The van der Waals surface area contributed by atoms with Crippen molar-refractivity contribution in [1.82, 2.24) is 10.2 Å². The summed E-state index contributed by atoms with van der Waals surface area (Å²) >= 11 is 0. The molecule has 1 heterocycles. The molecule has 0 saturated carbocycles. The van der Waals surface area contributed by atoms with Crippen LogP contribution in [-0.2, 0) is 21.7 Å². The zero-order valence-electron chi connectivity index (χ0n) is 20.7. The Morgan fingerprint density at radius 1 is 0.919 bits per heavy atom. The number of carboxylic acids is 1. The van der Waals surface area contributed by atoms with E-state index in [-0.39, 0.29) is 24.7 Å². The van der Waals surface area contributed by atoms with Gasteiger partial charge in [-0.15, -0.1) is 0 Å². The first kappa shape index (κ1) is 25.9. The van der Waals surface area contributed by atoms with Crippen LogP contribution in [0.4, 0.5) is 4.79 Å². The highest BCUT2D eigenvalue weighted by Crippen LogP contribution is 2.35. The van der Waals surface area contributed by atoms with Crippen LogP contribution >= 0.6 is 0 Å². The van der Waals surface area contributed by atoms with E-state index in [1.165, 1.54) is 4.90 Å². The van der Waals surface area contributed by atoms with Gasteiger partial charge in [0.15, 0.2) is 0 Å². The van der Waals surface area contributed by atoms with E-state index >= 15 is 0 Å². The molecule has 3 aromatic carbocycles. The minimum Gasteiger partial charge on any atom is -0.481 e. The molecule has 37 heavy (non-hydrogen) atoms. The fourth-order valence-corrected chi connectivity index (χ4v) is 4.94. The molecule has 192 valence electrons. The van der Waals surface area contributed by atoms with E-state index in [4.69, 9.17) is 16.2 Å². The molecule has 1 aliphatic heterocycles. The maximum Gasteiger partial charge on any atom is 0.325 e. The number of amides is 3. The summed E-state index contributed by atoms with van der Waals surface area (Å²) in [5.41, 5.74) is 6.69. The largest absolute Gasteiger partial charge is 0.481 e. The number of hydrogen-bond acceptors (Lipinski definition) is 4. The Hall–Kier alpha value is -4.20. The van der Waals surface area contributed by atoms with Crippen molar-refractivity contribution in [2.75, 3.05) is 0 Å². The highest BCUT2D eigenvalue weighted by Gasteiger charge is 2.51. The number of nitrogens with two attached hydrogens (primary N) is 1. The lowest BCUT2D eigenvalue weighted by atomic mass is 9.84. The van der Waals surface area contributed by atoms with Crippen LogP contribution in [0.3, 0.4) is 0 Å². The van der Waals surface area contributed by atoms with Gasteiger partial charge in [-0.3, -0.25) is 19.9 Å². The van der Waals surface area contributed by atoms with Gasteiger partial charge in [0, 0.05) is 12.0 Å². The van der Waals surface area contributed by atoms with Crippen molar-refractivity contribution in [2.45, 2.75) is 57.0 Å². The second-order valence-electron chi connectivity index (χ2n) is 9.56. The van der Waals surface area contributed by atoms with Gasteiger partial charge in [-0.1, -0.05) is 80.3 Å². The molecule has 8 nitrogen and oxygen atoms in total. The fraction of sp³-hybridized carbons (Fsp3) is 0.310. The first-order valence-electron chi connectivity index (χ1n) is 12.6. The first-order chi connectivity index (χ1) is 17.8. The highest BCUT2D eigenvalue weighted by molar-refractivity contribution is 6.07. The number of urea groups is 1. The van der Waals surface area contributed by atoms with Crippen molar-refractivity contribution in [2.24, 2.45) is 5.73 Å². The van der Waals surface area contributed by atoms with Crippen LogP contribution in [0.25, 0.3) is 10.8 Å². The Morgan fingerprint density at radius 2 is 1.62 bits per heavy atom. The molecule has 3 amide bonds. The number of rotatable bonds is 12. The van der Waals surface area contributed by atoms with Crippen molar-refractivity contribution in [3.8, 4) is 0 Å². The fourth-order valence-electron chi connectivity index (χ4n) is 4.94. The topological polar surface area (TPSA) is 137 Å². The number of nitrogen functional groups attached to an aromatic ring is 1. The van der Waals surface area contributed by atoms with Gasteiger partial charge in [-0.25, -0.2) is 4.79 Å². The number of nitrogens with one attached hydrogen (secondary N) is 2.